The molecule has 1 rings (SSSR count). The second-order valence-corrected chi connectivity index (χ2v) is 3.66. The van der Waals surface area contributed by atoms with Crippen LogP contribution < -0.4 is 10.8 Å². The van der Waals surface area contributed by atoms with Crippen LogP contribution in [0.3, 0.4) is 0 Å². The van der Waals surface area contributed by atoms with Crippen molar-refractivity contribution < 1.29 is 19.2 Å². The predicted octanol–water partition coefficient (Wildman–Crippen LogP) is 0.723. The highest BCUT2D eigenvalue weighted by atomic mass is 16.7. The Bertz CT molecular complexity index is 239. The number of ether oxygens (including phenoxy) is 1. The lowest BCUT2D eigenvalue weighted by atomic mass is 10.2. The maximum atomic E-state index is 11.3. The lowest BCUT2D eigenvalue weighted by Gasteiger charge is -2.10. The van der Waals surface area contributed by atoms with E-state index in [2.05, 4.69) is 10.2 Å². The molecular weight excluding hydrogens is 212 g/mol. The third kappa shape index (κ3) is 4.48. The maximum Gasteiger partial charge on any atom is 0.440 e. The highest BCUT2D eigenvalue weighted by molar-refractivity contribution is 5.77. The minimum atomic E-state index is -0.722. The first-order valence-corrected chi connectivity index (χ1v) is 5.61. The van der Waals surface area contributed by atoms with Gasteiger partial charge in [0.15, 0.2) is 0 Å². The van der Waals surface area contributed by atoms with Crippen LogP contribution in [0.5, 0.6) is 0 Å². The third-order valence-corrected chi connectivity index (χ3v) is 2.31. The van der Waals surface area contributed by atoms with E-state index >= 15 is 0 Å². The Hall–Kier alpha value is -1.30. The SMILES string of the molecule is CCCCOC(=O)NOC(=O)[C@@H]1CCCN1. The van der Waals surface area contributed by atoms with Gasteiger partial charge in [0, 0.05) is 0 Å². The highest BCUT2D eigenvalue weighted by Gasteiger charge is 2.24. The summed E-state index contributed by atoms with van der Waals surface area (Å²) in [5, 5.41) is 2.97. The smallest absolute Gasteiger partial charge is 0.440 e. The molecular formula is C10H18N2O4. The van der Waals surface area contributed by atoms with E-state index in [1.807, 2.05) is 12.4 Å². The molecule has 0 aromatic carbocycles. The van der Waals surface area contributed by atoms with Crippen molar-refractivity contribution in [2.24, 2.45) is 0 Å². The van der Waals surface area contributed by atoms with E-state index in [4.69, 9.17) is 4.74 Å². The standard InChI is InChI=1S/C10H18N2O4/c1-2-3-7-15-10(14)12-16-9(13)8-5-4-6-11-8/h8,11H,2-7H2,1H3,(H,12,14)/t8-/m0/s1. The predicted molar refractivity (Wildman–Crippen MR) is 56.5 cm³/mol. The van der Waals surface area contributed by atoms with Gasteiger partial charge in [0.05, 0.1) is 6.61 Å². The Kier molecular flexibility index (Phi) is 5.63. The van der Waals surface area contributed by atoms with Gasteiger partial charge in [0.1, 0.15) is 6.04 Å². The Morgan fingerprint density at radius 1 is 1.50 bits per heavy atom. The summed E-state index contributed by atoms with van der Waals surface area (Å²) in [7, 11) is 0. The van der Waals surface area contributed by atoms with Crippen LogP contribution >= 0.6 is 0 Å². The molecule has 2 N–H and O–H groups in total. The zero-order valence-electron chi connectivity index (χ0n) is 9.45. The van der Waals surface area contributed by atoms with Gasteiger partial charge in [-0.2, -0.15) is 0 Å². The van der Waals surface area contributed by atoms with Gasteiger partial charge in [-0.15, -0.1) is 5.48 Å². The van der Waals surface area contributed by atoms with E-state index in [1.54, 1.807) is 0 Å². The molecule has 1 aliphatic heterocycles. The molecule has 0 saturated carbocycles. The molecule has 0 bridgehead atoms. The summed E-state index contributed by atoms with van der Waals surface area (Å²) in [5.74, 6) is -0.468. The van der Waals surface area contributed by atoms with Crippen molar-refractivity contribution in [3.8, 4) is 0 Å². The number of rotatable bonds is 4. The monoisotopic (exact) mass is 230 g/mol. The molecule has 1 aliphatic rings. The Labute approximate surface area is 94.6 Å². The first-order chi connectivity index (χ1) is 7.74. The first kappa shape index (κ1) is 12.8. The van der Waals surface area contributed by atoms with Crippen molar-refractivity contribution in [1.29, 1.82) is 0 Å². The first-order valence-electron chi connectivity index (χ1n) is 5.61. The molecule has 1 atom stereocenters. The summed E-state index contributed by atoms with van der Waals surface area (Å²) in [6, 6.07) is -0.309. The van der Waals surface area contributed by atoms with Gasteiger partial charge in [0.2, 0.25) is 0 Å². The van der Waals surface area contributed by atoms with Gasteiger partial charge in [-0.1, -0.05) is 13.3 Å². The third-order valence-electron chi connectivity index (χ3n) is 2.31. The zero-order chi connectivity index (χ0) is 11.8. The number of carbonyl (C=O) groups is 2. The minimum Gasteiger partial charge on any atom is -0.447 e. The van der Waals surface area contributed by atoms with Crippen LogP contribution in [0.1, 0.15) is 32.6 Å². The Morgan fingerprint density at radius 2 is 2.31 bits per heavy atom. The van der Waals surface area contributed by atoms with Crippen LogP contribution in [0.2, 0.25) is 0 Å². The summed E-state index contributed by atoms with van der Waals surface area (Å²) in [5.41, 5.74) is 1.97. The number of unbranched alkanes of at least 4 members (excludes halogenated alkanes) is 1. The van der Waals surface area contributed by atoms with Gasteiger partial charge in [-0.05, 0) is 25.8 Å². The van der Waals surface area contributed by atoms with E-state index in [-0.39, 0.29) is 6.04 Å². The lowest BCUT2D eigenvalue weighted by molar-refractivity contribution is -0.151. The summed E-state index contributed by atoms with van der Waals surface area (Å²) in [4.78, 5) is 26.9. The molecule has 0 spiro atoms. The number of hydrogen-bond donors (Lipinski definition) is 2. The average Bonchev–Trinajstić information content (AvgIpc) is 2.79. The van der Waals surface area contributed by atoms with Crippen LogP contribution in [-0.4, -0.2) is 31.3 Å². The second-order valence-electron chi connectivity index (χ2n) is 3.66. The molecule has 16 heavy (non-hydrogen) atoms. The zero-order valence-corrected chi connectivity index (χ0v) is 9.45. The van der Waals surface area contributed by atoms with Crippen molar-refractivity contribution in [3.63, 3.8) is 0 Å². The minimum absolute atomic E-state index is 0.309. The van der Waals surface area contributed by atoms with Gasteiger partial charge in [-0.25, -0.2) is 9.59 Å². The molecule has 0 aromatic heterocycles. The Morgan fingerprint density at radius 3 is 2.94 bits per heavy atom. The number of nitrogens with one attached hydrogen (secondary N) is 2. The van der Waals surface area contributed by atoms with Crippen molar-refractivity contribution in [2.75, 3.05) is 13.2 Å². The van der Waals surface area contributed by atoms with Gasteiger partial charge in [0.25, 0.3) is 0 Å². The molecule has 92 valence electrons. The van der Waals surface area contributed by atoms with Crippen molar-refractivity contribution in [3.05, 3.63) is 0 Å². The fourth-order valence-corrected chi connectivity index (χ4v) is 1.39. The molecule has 0 aliphatic carbocycles. The Balaban J connectivity index is 2.08. The average molecular weight is 230 g/mol. The number of amides is 1. The van der Waals surface area contributed by atoms with Crippen molar-refractivity contribution in [1.82, 2.24) is 10.8 Å². The fraction of sp³-hybridized carbons (Fsp3) is 0.800. The lowest BCUT2D eigenvalue weighted by Crippen LogP contribution is -2.38. The van der Waals surface area contributed by atoms with E-state index in [0.29, 0.717) is 6.61 Å². The quantitative estimate of drug-likeness (QED) is 0.550. The molecule has 1 saturated heterocycles. The van der Waals surface area contributed by atoms with Crippen molar-refractivity contribution >= 4 is 12.1 Å². The van der Waals surface area contributed by atoms with Crippen LogP contribution in [0, 0.1) is 0 Å². The van der Waals surface area contributed by atoms with Crippen LogP contribution in [-0.2, 0) is 14.4 Å². The maximum absolute atomic E-state index is 11.3. The number of carbonyl (C=O) groups excluding carboxylic acids is 2. The topological polar surface area (TPSA) is 76.7 Å². The largest absolute Gasteiger partial charge is 0.447 e. The van der Waals surface area contributed by atoms with Gasteiger partial charge >= 0.3 is 12.1 Å². The number of hydroxylamine groups is 1. The summed E-state index contributed by atoms with van der Waals surface area (Å²) in [6.07, 6.45) is 2.70. The molecule has 0 radical (unpaired) electrons. The van der Waals surface area contributed by atoms with Crippen LogP contribution in [0.4, 0.5) is 4.79 Å². The fourth-order valence-electron chi connectivity index (χ4n) is 1.39. The molecule has 6 nitrogen and oxygen atoms in total. The van der Waals surface area contributed by atoms with E-state index in [0.717, 1.165) is 32.2 Å². The van der Waals surface area contributed by atoms with E-state index < -0.39 is 12.1 Å². The normalized spacial score (nSPS) is 19.2. The summed E-state index contributed by atoms with van der Waals surface area (Å²) in [6.45, 7) is 3.13. The molecule has 1 amide bonds. The molecule has 0 aromatic rings. The summed E-state index contributed by atoms with van der Waals surface area (Å²) >= 11 is 0. The second kappa shape index (κ2) is 7.05. The molecule has 6 heteroatoms. The van der Waals surface area contributed by atoms with Crippen LogP contribution in [0.25, 0.3) is 0 Å². The van der Waals surface area contributed by atoms with E-state index in [9.17, 15) is 9.59 Å². The molecule has 1 heterocycles. The van der Waals surface area contributed by atoms with Crippen LogP contribution in [0.15, 0.2) is 0 Å². The summed E-state index contributed by atoms with van der Waals surface area (Å²) < 4.78 is 4.75. The molecule has 1 fully saturated rings. The van der Waals surface area contributed by atoms with Crippen molar-refractivity contribution in [2.45, 2.75) is 38.6 Å². The molecule has 0 unspecified atom stereocenters. The number of hydrogen-bond acceptors (Lipinski definition) is 5. The highest BCUT2D eigenvalue weighted by Crippen LogP contribution is 2.05. The van der Waals surface area contributed by atoms with Gasteiger partial charge < -0.3 is 14.9 Å². The van der Waals surface area contributed by atoms with Gasteiger partial charge in [-0.3, -0.25) is 0 Å². The van der Waals surface area contributed by atoms with E-state index in [1.165, 1.54) is 0 Å².